The van der Waals surface area contributed by atoms with E-state index in [1.165, 1.54) is 12.1 Å². The molecule has 112 valence electrons. The smallest absolute Gasteiger partial charge is 0.123 e. The third-order valence-corrected chi connectivity index (χ3v) is 3.20. The van der Waals surface area contributed by atoms with Crippen molar-refractivity contribution in [2.45, 2.75) is 18.9 Å². The summed E-state index contributed by atoms with van der Waals surface area (Å²) in [6.45, 7) is 0.531. The lowest BCUT2D eigenvalue weighted by Crippen LogP contribution is -2.25. The topological polar surface area (TPSA) is 44.5 Å². The van der Waals surface area contributed by atoms with Gasteiger partial charge in [0, 0.05) is 6.04 Å². The van der Waals surface area contributed by atoms with E-state index in [1.54, 1.807) is 13.2 Å². The van der Waals surface area contributed by atoms with Crippen LogP contribution in [0.3, 0.4) is 0 Å². The van der Waals surface area contributed by atoms with Crippen molar-refractivity contribution in [1.29, 1.82) is 0 Å². The number of benzene rings is 2. The maximum Gasteiger partial charge on any atom is 0.123 e. The zero-order valence-corrected chi connectivity index (χ0v) is 12.1. The Bertz CT molecular complexity index is 557. The molecule has 4 heteroatoms. The van der Waals surface area contributed by atoms with Crippen molar-refractivity contribution in [3.8, 4) is 11.5 Å². The highest BCUT2D eigenvalue weighted by atomic mass is 19.1. The lowest BCUT2D eigenvalue weighted by Gasteiger charge is -2.13. The highest BCUT2D eigenvalue weighted by Gasteiger charge is 2.05. The lowest BCUT2D eigenvalue weighted by atomic mass is 10.0. The minimum Gasteiger partial charge on any atom is -0.497 e. The van der Waals surface area contributed by atoms with Gasteiger partial charge in [-0.15, -0.1) is 0 Å². The van der Waals surface area contributed by atoms with Crippen LogP contribution in [0.5, 0.6) is 11.5 Å². The van der Waals surface area contributed by atoms with Crippen LogP contribution in [0, 0.1) is 5.82 Å². The van der Waals surface area contributed by atoms with Crippen molar-refractivity contribution in [1.82, 2.24) is 0 Å². The van der Waals surface area contributed by atoms with Gasteiger partial charge in [-0.3, -0.25) is 0 Å². The van der Waals surface area contributed by atoms with Crippen LogP contribution in [0.2, 0.25) is 0 Å². The van der Waals surface area contributed by atoms with Gasteiger partial charge in [-0.2, -0.15) is 0 Å². The van der Waals surface area contributed by atoms with E-state index in [4.69, 9.17) is 15.2 Å². The standard InChI is InChI=1S/C17H20FNO2/c1-20-16-5-7-17(8-6-16)21-10-9-15(19)12-13-3-2-4-14(18)11-13/h2-8,11,15H,9-10,12,19H2,1H3. The molecule has 0 amide bonds. The Hall–Kier alpha value is -2.07. The van der Waals surface area contributed by atoms with Gasteiger partial charge >= 0.3 is 0 Å². The van der Waals surface area contributed by atoms with Crippen LogP contribution in [0.25, 0.3) is 0 Å². The monoisotopic (exact) mass is 289 g/mol. The van der Waals surface area contributed by atoms with Crippen molar-refractivity contribution in [2.75, 3.05) is 13.7 Å². The first-order chi connectivity index (χ1) is 10.2. The second-order valence-corrected chi connectivity index (χ2v) is 4.91. The maximum atomic E-state index is 13.1. The Morgan fingerprint density at radius 2 is 1.81 bits per heavy atom. The van der Waals surface area contributed by atoms with Crippen LogP contribution in [-0.4, -0.2) is 19.8 Å². The summed E-state index contributed by atoms with van der Waals surface area (Å²) < 4.78 is 23.8. The fourth-order valence-electron chi connectivity index (χ4n) is 2.07. The van der Waals surface area contributed by atoms with E-state index in [2.05, 4.69) is 0 Å². The molecule has 21 heavy (non-hydrogen) atoms. The van der Waals surface area contributed by atoms with Gasteiger partial charge in [0.1, 0.15) is 17.3 Å². The molecule has 0 spiro atoms. The summed E-state index contributed by atoms with van der Waals surface area (Å²) in [6, 6.07) is 13.9. The van der Waals surface area contributed by atoms with Crippen molar-refractivity contribution in [3.63, 3.8) is 0 Å². The van der Waals surface area contributed by atoms with Crippen LogP contribution >= 0.6 is 0 Å². The van der Waals surface area contributed by atoms with Crippen LogP contribution in [0.4, 0.5) is 4.39 Å². The molecule has 2 rings (SSSR count). The van der Waals surface area contributed by atoms with Crippen molar-refractivity contribution in [3.05, 3.63) is 59.9 Å². The van der Waals surface area contributed by atoms with Gasteiger partial charge < -0.3 is 15.2 Å². The van der Waals surface area contributed by atoms with Crippen molar-refractivity contribution < 1.29 is 13.9 Å². The van der Waals surface area contributed by atoms with Gasteiger partial charge in [-0.05, 0) is 54.8 Å². The number of rotatable bonds is 7. The maximum absolute atomic E-state index is 13.1. The van der Waals surface area contributed by atoms with Crippen LogP contribution < -0.4 is 15.2 Å². The van der Waals surface area contributed by atoms with Crippen LogP contribution in [-0.2, 0) is 6.42 Å². The molecular weight excluding hydrogens is 269 g/mol. The molecule has 3 nitrogen and oxygen atoms in total. The Kier molecular flexibility index (Phi) is 5.58. The summed E-state index contributed by atoms with van der Waals surface area (Å²) in [7, 11) is 1.63. The molecule has 0 heterocycles. The second kappa shape index (κ2) is 7.64. The van der Waals surface area contributed by atoms with Crippen LogP contribution in [0.1, 0.15) is 12.0 Å². The van der Waals surface area contributed by atoms with Gasteiger partial charge in [0.05, 0.1) is 13.7 Å². The molecule has 2 aromatic carbocycles. The normalized spacial score (nSPS) is 12.0. The molecule has 0 aromatic heterocycles. The second-order valence-electron chi connectivity index (χ2n) is 4.91. The summed E-state index contributed by atoms with van der Waals surface area (Å²) in [5.74, 6) is 1.35. The number of methoxy groups -OCH3 is 1. The lowest BCUT2D eigenvalue weighted by molar-refractivity contribution is 0.296. The number of halogens is 1. The van der Waals surface area contributed by atoms with Gasteiger partial charge in [0.25, 0.3) is 0 Å². The molecule has 1 unspecified atom stereocenters. The molecule has 0 radical (unpaired) electrons. The molecule has 0 fully saturated rings. The third kappa shape index (κ3) is 5.08. The SMILES string of the molecule is COc1ccc(OCCC(N)Cc2cccc(F)c2)cc1. The number of hydrogen-bond donors (Lipinski definition) is 1. The first-order valence-corrected chi connectivity index (χ1v) is 6.94. The molecule has 0 aliphatic heterocycles. The summed E-state index contributed by atoms with van der Waals surface area (Å²) in [6.07, 6.45) is 1.35. The Morgan fingerprint density at radius 3 is 2.48 bits per heavy atom. The summed E-state index contributed by atoms with van der Waals surface area (Å²) in [4.78, 5) is 0. The van der Waals surface area contributed by atoms with E-state index in [-0.39, 0.29) is 11.9 Å². The number of nitrogens with two attached hydrogens (primary N) is 1. The Labute approximate surface area is 124 Å². The fraction of sp³-hybridized carbons (Fsp3) is 0.294. The largest absolute Gasteiger partial charge is 0.497 e. The molecule has 0 saturated carbocycles. The molecular formula is C17H20FNO2. The van der Waals surface area contributed by atoms with Gasteiger partial charge in [-0.1, -0.05) is 12.1 Å². The Balaban J connectivity index is 1.74. The van der Waals surface area contributed by atoms with E-state index in [9.17, 15) is 4.39 Å². The van der Waals surface area contributed by atoms with Crippen LogP contribution in [0.15, 0.2) is 48.5 Å². The quantitative estimate of drug-likeness (QED) is 0.851. The molecule has 0 saturated heterocycles. The van der Waals surface area contributed by atoms with E-state index in [0.717, 1.165) is 17.1 Å². The molecule has 1 atom stereocenters. The molecule has 0 aliphatic carbocycles. The number of ether oxygens (including phenoxy) is 2. The van der Waals surface area contributed by atoms with E-state index < -0.39 is 0 Å². The highest BCUT2D eigenvalue weighted by molar-refractivity contribution is 5.31. The average molecular weight is 289 g/mol. The highest BCUT2D eigenvalue weighted by Crippen LogP contribution is 2.17. The molecule has 2 N–H and O–H groups in total. The van der Waals surface area contributed by atoms with E-state index in [1.807, 2.05) is 30.3 Å². The first kappa shape index (κ1) is 15.3. The zero-order chi connectivity index (χ0) is 15.1. The minimum absolute atomic E-state index is 0.0509. The molecule has 2 aromatic rings. The predicted octanol–water partition coefficient (Wildman–Crippen LogP) is 3.17. The van der Waals surface area contributed by atoms with Gasteiger partial charge in [0.2, 0.25) is 0 Å². The molecule has 0 aliphatic rings. The van der Waals surface area contributed by atoms with Crippen molar-refractivity contribution in [2.24, 2.45) is 5.73 Å². The average Bonchev–Trinajstić information content (AvgIpc) is 2.48. The fourth-order valence-corrected chi connectivity index (χ4v) is 2.07. The number of hydrogen-bond acceptors (Lipinski definition) is 3. The van der Waals surface area contributed by atoms with E-state index in [0.29, 0.717) is 19.4 Å². The summed E-state index contributed by atoms with van der Waals surface area (Å²) >= 11 is 0. The molecule has 0 bridgehead atoms. The summed E-state index contributed by atoms with van der Waals surface area (Å²) in [5, 5.41) is 0. The zero-order valence-electron chi connectivity index (χ0n) is 12.1. The Morgan fingerprint density at radius 1 is 1.10 bits per heavy atom. The third-order valence-electron chi connectivity index (χ3n) is 3.20. The van der Waals surface area contributed by atoms with Gasteiger partial charge in [-0.25, -0.2) is 4.39 Å². The van der Waals surface area contributed by atoms with E-state index >= 15 is 0 Å². The first-order valence-electron chi connectivity index (χ1n) is 6.94. The van der Waals surface area contributed by atoms with Crippen molar-refractivity contribution >= 4 is 0 Å². The predicted molar refractivity (Wildman–Crippen MR) is 81.2 cm³/mol. The summed E-state index contributed by atoms with van der Waals surface area (Å²) in [5.41, 5.74) is 6.95. The minimum atomic E-state index is -0.228. The van der Waals surface area contributed by atoms with Gasteiger partial charge in [0.15, 0.2) is 0 Å².